The van der Waals surface area contributed by atoms with Gasteiger partial charge in [0.05, 0.1) is 5.69 Å². The lowest BCUT2D eigenvalue weighted by atomic mass is 9.90. The lowest BCUT2D eigenvalue weighted by Gasteiger charge is -2.34. The van der Waals surface area contributed by atoms with Gasteiger partial charge < -0.3 is 10.0 Å². The second-order valence-corrected chi connectivity index (χ2v) is 5.59. The van der Waals surface area contributed by atoms with Gasteiger partial charge in [-0.15, -0.1) is 5.10 Å². The first-order valence-electron chi connectivity index (χ1n) is 6.37. The van der Waals surface area contributed by atoms with Crippen molar-refractivity contribution in [3.05, 3.63) is 10.6 Å². The molecule has 0 radical (unpaired) electrons. The number of hydrogen-bond acceptors (Lipinski definition) is 5. The van der Waals surface area contributed by atoms with Crippen molar-refractivity contribution in [1.29, 1.82) is 0 Å². The van der Waals surface area contributed by atoms with E-state index in [1.54, 1.807) is 6.92 Å². The van der Waals surface area contributed by atoms with Gasteiger partial charge in [0.2, 0.25) is 0 Å². The van der Waals surface area contributed by atoms with Crippen molar-refractivity contribution in [1.82, 2.24) is 14.5 Å². The maximum Gasteiger partial charge on any atom is 0.329 e. The van der Waals surface area contributed by atoms with Gasteiger partial charge in [-0.1, -0.05) is 17.8 Å². The van der Waals surface area contributed by atoms with Crippen molar-refractivity contribution in [2.75, 3.05) is 6.54 Å². The van der Waals surface area contributed by atoms with Gasteiger partial charge in [0, 0.05) is 6.54 Å². The Kier molecular flexibility index (Phi) is 3.84. The van der Waals surface area contributed by atoms with Crippen LogP contribution in [0.4, 0.5) is 0 Å². The Morgan fingerprint density at radius 2 is 2.26 bits per heavy atom. The minimum absolute atomic E-state index is 0.249. The minimum atomic E-state index is -1.05. The predicted molar refractivity (Wildman–Crippen MR) is 70.2 cm³/mol. The van der Waals surface area contributed by atoms with Gasteiger partial charge in [0.15, 0.2) is 0 Å². The summed E-state index contributed by atoms with van der Waals surface area (Å²) in [5, 5.41) is 13.4. The van der Waals surface area contributed by atoms with Crippen LogP contribution in [0.2, 0.25) is 0 Å². The Morgan fingerprint density at radius 3 is 2.79 bits per heavy atom. The van der Waals surface area contributed by atoms with Crippen LogP contribution in [0.1, 0.15) is 48.0 Å². The van der Waals surface area contributed by atoms with E-state index in [2.05, 4.69) is 9.59 Å². The van der Waals surface area contributed by atoms with E-state index in [9.17, 15) is 14.7 Å². The summed E-state index contributed by atoms with van der Waals surface area (Å²) < 4.78 is 3.75. The van der Waals surface area contributed by atoms with Crippen LogP contribution in [0.5, 0.6) is 0 Å². The summed E-state index contributed by atoms with van der Waals surface area (Å²) in [6.07, 6.45) is 2.46. The van der Waals surface area contributed by atoms with Crippen molar-refractivity contribution < 1.29 is 14.7 Å². The molecule has 1 aromatic rings. The molecule has 0 saturated carbocycles. The van der Waals surface area contributed by atoms with Gasteiger partial charge in [0.1, 0.15) is 10.4 Å². The van der Waals surface area contributed by atoms with Gasteiger partial charge in [-0.25, -0.2) is 4.79 Å². The van der Waals surface area contributed by atoms with Gasteiger partial charge in [-0.05, 0) is 37.7 Å². The Bertz CT molecular complexity index is 502. The number of aromatic nitrogens is 2. The third kappa shape index (κ3) is 2.22. The lowest BCUT2D eigenvalue weighted by molar-refractivity contribution is -0.148. The molecule has 1 N–H and O–H groups in total. The molecule has 0 aliphatic carbocycles. The molecule has 7 heteroatoms. The topological polar surface area (TPSA) is 83.4 Å². The SMILES string of the molecule is CCCC1(C(=O)O)CCCN1C(=O)c1snnc1C. The van der Waals surface area contributed by atoms with E-state index in [0.717, 1.165) is 24.4 Å². The lowest BCUT2D eigenvalue weighted by Crippen LogP contribution is -2.53. The fourth-order valence-corrected chi connectivity index (χ4v) is 3.33. The summed E-state index contributed by atoms with van der Waals surface area (Å²) in [4.78, 5) is 26.1. The van der Waals surface area contributed by atoms with E-state index >= 15 is 0 Å². The highest BCUT2D eigenvalue weighted by Crippen LogP contribution is 2.35. The number of aliphatic carboxylic acids is 1. The Hall–Kier alpha value is -1.50. The summed E-state index contributed by atoms with van der Waals surface area (Å²) in [7, 11) is 0. The Morgan fingerprint density at radius 1 is 1.53 bits per heavy atom. The molecule has 1 atom stereocenters. The maximum absolute atomic E-state index is 12.5. The first-order valence-corrected chi connectivity index (χ1v) is 7.14. The Labute approximate surface area is 115 Å². The third-order valence-electron chi connectivity index (χ3n) is 3.64. The molecule has 1 aliphatic rings. The van der Waals surface area contributed by atoms with Crippen molar-refractivity contribution in [2.24, 2.45) is 0 Å². The van der Waals surface area contributed by atoms with Crippen LogP contribution in [0, 0.1) is 6.92 Å². The highest BCUT2D eigenvalue weighted by atomic mass is 32.1. The summed E-state index contributed by atoms with van der Waals surface area (Å²) in [6.45, 7) is 4.14. The molecule has 0 spiro atoms. The molecule has 1 aromatic heterocycles. The van der Waals surface area contributed by atoms with Gasteiger partial charge in [-0.2, -0.15) is 0 Å². The van der Waals surface area contributed by atoms with Crippen LogP contribution in [0.25, 0.3) is 0 Å². The molecule has 0 aromatic carbocycles. The number of aryl methyl sites for hydroxylation is 1. The predicted octanol–water partition coefficient (Wildman–Crippen LogP) is 1.71. The highest BCUT2D eigenvalue weighted by Gasteiger charge is 2.49. The van der Waals surface area contributed by atoms with Crippen LogP contribution >= 0.6 is 11.5 Å². The number of carboxylic acid groups (broad SMARTS) is 1. The number of nitrogens with zero attached hydrogens (tertiary/aromatic N) is 3. The number of hydrogen-bond donors (Lipinski definition) is 1. The van der Waals surface area contributed by atoms with Crippen LogP contribution in [-0.4, -0.2) is 43.6 Å². The fourth-order valence-electron chi connectivity index (χ4n) is 2.73. The molecule has 19 heavy (non-hydrogen) atoms. The second-order valence-electron chi connectivity index (χ2n) is 4.83. The standard InChI is InChI=1S/C12H17N3O3S/c1-3-5-12(11(17)18)6-4-7-15(12)10(16)9-8(2)13-14-19-9/h3-7H2,1-2H3,(H,17,18). The summed E-state index contributed by atoms with van der Waals surface area (Å²) in [6, 6.07) is 0. The van der Waals surface area contributed by atoms with E-state index in [-0.39, 0.29) is 5.91 Å². The van der Waals surface area contributed by atoms with E-state index in [1.165, 1.54) is 4.90 Å². The molecule has 1 amide bonds. The highest BCUT2D eigenvalue weighted by molar-refractivity contribution is 7.08. The average molecular weight is 283 g/mol. The number of carboxylic acids is 1. The van der Waals surface area contributed by atoms with E-state index in [0.29, 0.717) is 30.0 Å². The summed E-state index contributed by atoms with van der Waals surface area (Å²) >= 11 is 1.03. The first-order chi connectivity index (χ1) is 9.03. The van der Waals surface area contributed by atoms with E-state index < -0.39 is 11.5 Å². The van der Waals surface area contributed by atoms with Crippen molar-refractivity contribution in [3.8, 4) is 0 Å². The largest absolute Gasteiger partial charge is 0.479 e. The zero-order chi connectivity index (χ0) is 14.0. The van der Waals surface area contributed by atoms with Crippen molar-refractivity contribution in [3.63, 3.8) is 0 Å². The first kappa shape index (κ1) is 13.9. The van der Waals surface area contributed by atoms with Crippen LogP contribution in [0.3, 0.4) is 0 Å². The average Bonchev–Trinajstić information content (AvgIpc) is 2.96. The van der Waals surface area contributed by atoms with Crippen molar-refractivity contribution in [2.45, 2.75) is 45.1 Å². The molecule has 1 aliphatic heterocycles. The number of amides is 1. The van der Waals surface area contributed by atoms with Gasteiger partial charge in [0.25, 0.3) is 5.91 Å². The maximum atomic E-state index is 12.5. The molecule has 1 saturated heterocycles. The molecule has 2 heterocycles. The smallest absolute Gasteiger partial charge is 0.329 e. The molecular weight excluding hydrogens is 266 g/mol. The second kappa shape index (κ2) is 5.24. The van der Waals surface area contributed by atoms with Crippen LogP contribution < -0.4 is 0 Å². The molecule has 6 nitrogen and oxygen atoms in total. The number of carbonyl (C=O) groups excluding carboxylic acids is 1. The quantitative estimate of drug-likeness (QED) is 0.909. The molecular formula is C12H17N3O3S. The molecule has 2 rings (SSSR count). The third-order valence-corrected chi connectivity index (χ3v) is 4.46. The molecule has 1 fully saturated rings. The van der Waals surface area contributed by atoms with Crippen LogP contribution in [-0.2, 0) is 4.79 Å². The van der Waals surface area contributed by atoms with E-state index in [1.807, 2.05) is 6.92 Å². The van der Waals surface area contributed by atoms with Gasteiger partial charge in [-0.3, -0.25) is 4.79 Å². The van der Waals surface area contributed by atoms with E-state index in [4.69, 9.17) is 0 Å². The number of rotatable bonds is 4. The summed E-state index contributed by atoms with van der Waals surface area (Å²) in [5.74, 6) is -1.16. The zero-order valence-corrected chi connectivity index (χ0v) is 11.9. The van der Waals surface area contributed by atoms with Crippen molar-refractivity contribution >= 4 is 23.4 Å². The number of likely N-dealkylation sites (tertiary alicyclic amines) is 1. The normalized spacial score (nSPS) is 22.7. The monoisotopic (exact) mass is 283 g/mol. The molecule has 1 unspecified atom stereocenters. The zero-order valence-electron chi connectivity index (χ0n) is 11.0. The minimum Gasteiger partial charge on any atom is -0.479 e. The molecule has 0 bridgehead atoms. The Balaban J connectivity index is 2.35. The number of carbonyl (C=O) groups is 2. The van der Waals surface area contributed by atoms with Crippen LogP contribution in [0.15, 0.2) is 0 Å². The summed E-state index contributed by atoms with van der Waals surface area (Å²) in [5.41, 5.74) is -0.486. The van der Waals surface area contributed by atoms with Gasteiger partial charge >= 0.3 is 5.97 Å². The fraction of sp³-hybridized carbons (Fsp3) is 0.667. The molecule has 104 valence electrons.